The Labute approximate surface area is 118 Å². The zero-order valence-corrected chi connectivity index (χ0v) is 12.0. The van der Waals surface area contributed by atoms with Gasteiger partial charge in [0.25, 0.3) is 0 Å². The van der Waals surface area contributed by atoms with Crippen LogP contribution in [0.3, 0.4) is 0 Å². The molecule has 0 spiro atoms. The molecule has 0 saturated carbocycles. The van der Waals surface area contributed by atoms with Gasteiger partial charge in [0.1, 0.15) is 5.82 Å². The average molecular weight is 280 g/mol. The van der Waals surface area contributed by atoms with E-state index in [-0.39, 0.29) is 5.91 Å². The highest BCUT2D eigenvalue weighted by Gasteiger charge is 2.14. The molecule has 0 unspecified atom stereocenters. The highest BCUT2D eigenvalue weighted by atomic mass is 32.2. The van der Waals surface area contributed by atoms with Crippen LogP contribution in [0, 0.1) is 6.92 Å². The number of thioether (sulfide) groups is 1. The van der Waals surface area contributed by atoms with E-state index in [1.165, 1.54) is 0 Å². The molecule has 1 saturated heterocycles. The van der Waals surface area contributed by atoms with Crippen LogP contribution in [0.1, 0.15) is 24.4 Å². The largest absolute Gasteiger partial charge is 0.350 e. The molecule has 1 aromatic rings. The lowest BCUT2D eigenvalue weighted by Crippen LogP contribution is -2.31. The maximum Gasteiger partial charge on any atom is 0.230 e. The van der Waals surface area contributed by atoms with E-state index in [1.54, 1.807) is 18.0 Å². The molecule has 1 amide bonds. The third-order valence-corrected chi connectivity index (χ3v) is 4.41. The van der Waals surface area contributed by atoms with Crippen LogP contribution < -0.4 is 10.6 Å². The SMILES string of the molecule is Cc1nccc(CNC(=O)CSC2CCNCC2)n1. The minimum atomic E-state index is 0.0831. The number of nitrogens with zero attached hydrogens (tertiary/aromatic N) is 2. The first-order valence-corrected chi connectivity index (χ1v) is 7.66. The van der Waals surface area contributed by atoms with Gasteiger partial charge in [-0.25, -0.2) is 9.97 Å². The average Bonchev–Trinajstić information content (AvgIpc) is 2.44. The van der Waals surface area contributed by atoms with Crippen LogP contribution in [0.15, 0.2) is 12.3 Å². The van der Waals surface area contributed by atoms with E-state index >= 15 is 0 Å². The fraction of sp³-hybridized carbons (Fsp3) is 0.615. The molecule has 5 nitrogen and oxygen atoms in total. The van der Waals surface area contributed by atoms with Crippen LogP contribution >= 0.6 is 11.8 Å². The van der Waals surface area contributed by atoms with Crippen LogP contribution in [0.25, 0.3) is 0 Å². The summed E-state index contributed by atoms with van der Waals surface area (Å²) in [5.41, 5.74) is 0.854. The van der Waals surface area contributed by atoms with Gasteiger partial charge in [0.2, 0.25) is 5.91 Å². The molecule has 2 N–H and O–H groups in total. The van der Waals surface area contributed by atoms with E-state index in [0.29, 0.717) is 17.5 Å². The van der Waals surface area contributed by atoms with Gasteiger partial charge >= 0.3 is 0 Å². The fourth-order valence-corrected chi connectivity index (χ4v) is 3.06. The van der Waals surface area contributed by atoms with E-state index in [9.17, 15) is 4.79 Å². The highest BCUT2D eigenvalue weighted by molar-refractivity contribution is 8.00. The van der Waals surface area contributed by atoms with Gasteiger partial charge in [-0.05, 0) is 38.9 Å². The minimum Gasteiger partial charge on any atom is -0.350 e. The van der Waals surface area contributed by atoms with Crippen molar-refractivity contribution in [3.8, 4) is 0 Å². The molecule has 1 aliphatic heterocycles. The summed E-state index contributed by atoms with van der Waals surface area (Å²) in [6, 6.07) is 1.83. The Morgan fingerprint density at radius 3 is 3.05 bits per heavy atom. The van der Waals surface area contributed by atoms with Crippen molar-refractivity contribution < 1.29 is 4.79 Å². The standard InChI is InChI=1S/C13H20N4OS/c1-10-15-7-2-11(17-10)8-16-13(18)9-19-12-3-5-14-6-4-12/h2,7,12,14H,3-6,8-9H2,1H3,(H,16,18). The van der Waals surface area contributed by atoms with Gasteiger partial charge < -0.3 is 10.6 Å². The van der Waals surface area contributed by atoms with E-state index < -0.39 is 0 Å². The summed E-state index contributed by atoms with van der Waals surface area (Å²) in [5, 5.41) is 6.85. The van der Waals surface area contributed by atoms with Gasteiger partial charge in [0.15, 0.2) is 0 Å². The molecule has 0 aromatic carbocycles. The number of nitrogens with one attached hydrogen (secondary N) is 2. The third kappa shape index (κ3) is 5.16. The topological polar surface area (TPSA) is 66.9 Å². The second kappa shape index (κ2) is 7.45. The normalized spacial score (nSPS) is 16.3. The van der Waals surface area contributed by atoms with Gasteiger partial charge in [0.05, 0.1) is 18.0 Å². The zero-order chi connectivity index (χ0) is 13.5. The number of aryl methyl sites for hydroxylation is 1. The maximum absolute atomic E-state index is 11.8. The Hall–Kier alpha value is -1.14. The van der Waals surface area contributed by atoms with Crippen LogP contribution in [0.5, 0.6) is 0 Å². The molecule has 0 aliphatic carbocycles. The maximum atomic E-state index is 11.8. The molecule has 104 valence electrons. The number of hydrogen-bond acceptors (Lipinski definition) is 5. The first-order chi connectivity index (χ1) is 9.24. The minimum absolute atomic E-state index is 0.0831. The van der Waals surface area contributed by atoms with Gasteiger partial charge in [0, 0.05) is 11.4 Å². The first-order valence-electron chi connectivity index (χ1n) is 6.61. The van der Waals surface area contributed by atoms with E-state index in [1.807, 2.05) is 13.0 Å². The number of rotatable bonds is 5. The number of aromatic nitrogens is 2. The Morgan fingerprint density at radius 2 is 2.32 bits per heavy atom. The molecule has 19 heavy (non-hydrogen) atoms. The lowest BCUT2D eigenvalue weighted by molar-refractivity contribution is -0.118. The Bertz CT molecular complexity index is 421. The quantitative estimate of drug-likeness (QED) is 0.838. The fourth-order valence-electron chi connectivity index (χ4n) is 2.00. The van der Waals surface area contributed by atoms with Crippen LogP contribution in [-0.2, 0) is 11.3 Å². The molecule has 0 radical (unpaired) electrons. The molecule has 1 fully saturated rings. The van der Waals surface area contributed by atoms with Crippen molar-refractivity contribution >= 4 is 17.7 Å². The molecule has 2 rings (SSSR count). The van der Waals surface area contributed by atoms with Crippen LogP contribution in [0.2, 0.25) is 0 Å². The van der Waals surface area contributed by atoms with Crippen molar-refractivity contribution in [3.05, 3.63) is 23.8 Å². The van der Waals surface area contributed by atoms with Crippen molar-refractivity contribution in [1.82, 2.24) is 20.6 Å². The Kier molecular flexibility index (Phi) is 5.60. The highest BCUT2D eigenvalue weighted by Crippen LogP contribution is 2.19. The molecule has 0 atom stereocenters. The van der Waals surface area contributed by atoms with Crippen molar-refractivity contribution in [1.29, 1.82) is 0 Å². The molecule has 6 heteroatoms. The second-order valence-corrected chi connectivity index (χ2v) is 5.92. The summed E-state index contributed by atoms with van der Waals surface area (Å²) >= 11 is 1.76. The smallest absolute Gasteiger partial charge is 0.230 e. The van der Waals surface area contributed by atoms with Crippen molar-refractivity contribution in [2.45, 2.75) is 31.6 Å². The van der Waals surface area contributed by atoms with Crippen molar-refractivity contribution in [3.63, 3.8) is 0 Å². The summed E-state index contributed by atoms with van der Waals surface area (Å²) in [6.45, 7) is 4.46. The molecule has 0 bridgehead atoms. The number of carbonyl (C=O) groups excluding carboxylic acids is 1. The molecule has 2 heterocycles. The van der Waals surface area contributed by atoms with Gasteiger partial charge in [-0.3, -0.25) is 4.79 Å². The van der Waals surface area contributed by atoms with E-state index in [4.69, 9.17) is 0 Å². The summed E-state index contributed by atoms with van der Waals surface area (Å²) < 4.78 is 0. The summed E-state index contributed by atoms with van der Waals surface area (Å²) in [5.74, 6) is 1.35. The zero-order valence-electron chi connectivity index (χ0n) is 11.2. The summed E-state index contributed by atoms with van der Waals surface area (Å²) in [4.78, 5) is 20.0. The molecular weight excluding hydrogens is 260 g/mol. The summed E-state index contributed by atoms with van der Waals surface area (Å²) in [7, 11) is 0. The number of piperidine rings is 1. The van der Waals surface area contributed by atoms with Gasteiger partial charge in [-0.1, -0.05) is 0 Å². The van der Waals surface area contributed by atoms with Crippen molar-refractivity contribution in [2.75, 3.05) is 18.8 Å². The number of carbonyl (C=O) groups is 1. The van der Waals surface area contributed by atoms with Crippen molar-refractivity contribution in [2.24, 2.45) is 0 Å². The molecule has 1 aromatic heterocycles. The predicted octanol–water partition coefficient (Wildman–Crippen LogP) is 0.886. The van der Waals surface area contributed by atoms with Gasteiger partial charge in [-0.2, -0.15) is 0 Å². The van der Waals surface area contributed by atoms with Crippen LogP contribution in [0.4, 0.5) is 0 Å². The lowest BCUT2D eigenvalue weighted by Gasteiger charge is -2.21. The number of hydrogen-bond donors (Lipinski definition) is 2. The second-order valence-electron chi connectivity index (χ2n) is 4.63. The summed E-state index contributed by atoms with van der Waals surface area (Å²) in [6.07, 6.45) is 4.03. The van der Waals surface area contributed by atoms with Crippen LogP contribution in [-0.4, -0.2) is 40.0 Å². The molecular formula is C13H20N4OS. The Morgan fingerprint density at radius 1 is 1.53 bits per heavy atom. The predicted molar refractivity (Wildman–Crippen MR) is 77.0 cm³/mol. The van der Waals surface area contributed by atoms with Gasteiger partial charge in [-0.15, -0.1) is 11.8 Å². The van der Waals surface area contributed by atoms with E-state index in [0.717, 1.165) is 37.4 Å². The molecule has 1 aliphatic rings. The van der Waals surface area contributed by atoms with E-state index in [2.05, 4.69) is 20.6 Å². The number of amides is 1. The first kappa shape index (κ1) is 14.3. The monoisotopic (exact) mass is 280 g/mol. The third-order valence-electron chi connectivity index (χ3n) is 3.04. The lowest BCUT2D eigenvalue weighted by atomic mass is 10.2. The Balaban J connectivity index is 1.66.